The Labute approximate surface area is 77.3 Å². The van der Waals surface area contributed by atoms with Gasteiger partial charge in [-0.2, -0.15) is 13.2 Å². The summed E-state index contributed by atoms with van der Waals surface area (Å²) >= 11 is 0. The summed E-state index contributed by atoms with van der Waals surface area (Å²) in [6, 6.07) is 0. The Kier molecular flexibility index (Phi) is 4.57. The minimum atomic E-state index is -4.67. The molecule has 1 atom stereocenters. The van der Waals surface area contributed by atoms with Gasteiger partial charge in [0.1, 0.15) is 6.16 Å². The third kappa shape index (κ3) is 5.95. The molecule has 1 unspecified atom stereocenters. The average Bonchev–Trinajstić information content (AvgIpc) is 1.99. The van der Waals surface area contributed by atoms with E-state index in [1.807, 2.05) is 0 Å². The molecule has 0 heterocycles. The van der Waals surface area contributed by atoms with Crippen LogP contribution in [0.15, 0.2) is 0 Å². The zero-order valence-corrected chi connectivity index (χ0v) is 7.97. The summed E-state index contributed by atoms with van der Waals surface area (Å²) in [4.78, 5) is 10.1. The zero-order valence-electron chi connectivity index (χ0n) is 7.08. The highest BCUT2D eigenvalue weighted by atomic mass is 31.2. The van der Waals surface area contributed by atoms with Gasteiger partial charge < -0.3 is 9.63 Å². The fourth-order valence-corrected chi connectivity index (χ4v) is 1.50. The van der Waals surface area contributed by atoms with Gasteiger partial charge in [-0.3, -0.25) is 13.9 Å². The highest BCUT2D eigenvalue weighted by molar-refractivity contribution is 7.54. The number of hydrogen-bond acceptors (Lipinski definition) is 4. The van der Waals surface area contributed by atoms with E-state index in [2.05, 4.69) is 9.05 Å². The van der Waals surface area contributed by atoms with Crippen LogP contribution >= 0.6 is 7.60 Å². The molecule has 0 saturated carbocycles. The summed E-state index contributed by atoms with van der Waals surface area (Å²) in [5.41, 5.74) is 0. The van der Waals surface area contributed by atoms with E-state index in [0.29, 0.717) is 0 Å². The summed E-state index contributed by atoms with van der Waals surface area (Å²) in [5, 5.41) is 8.20. The SMILES string of the molecule is COP(=O)(CC(=O)O)OCC(F)(F)F. The van der Waals surface area contributed by atoms with Crippen molar-refractivity contribution in [3.8, 4) is 0 Å². The molecule has 1 N–H and O–H groups in total. The second-order valence-corrected chi connectivity index (χ2v) is 4.40. The topological polar surface area (TPSA) is 72.8 Å². The normalized spacial score (nSPS) is 16.3. The minimum absolute atomic E-state index is 0.820. The smallest absolute Gasteiger partial charge is 0.412 e. The fourth-order valence-electron chi connectivity index (χ4n) is 0.500. The summed E-state index contributed by atoms with van der Waals surface area (Å²) < 4.78 is 53.9. The van der Waals surface area contributed by atoms with Crippen LogP contribution in [0, 0.1) is 0 Å². The molecule has 0 aromatic heterocycles. The maximum Gasteiger partial charge on any atom is 0.412 e. The molecule has 5 nitrogen and oxygen atoms in total. The summed E-state index contributed by atoms with van der Waals surface area (Å²) in [5.74, 6) is -1.56. The molecular weight excluding hydrogens is 228 g/mol. The van der Waals surface area contributed by atoms with Gasteiger partial charge in [-0.25, -0.2) is 0 Å². The number of hydrogen-bond donors (Lipinski definition) is 1. The van der Waals surface area contributed by atoms with E-state index in [9.17, 15) is 22.5 Å². The van der Waals surface area contributed by atoms with Crippen LogP contribution in [-0.2, 0) is 18.4 Å². The Hall–Kier alpha value is -0.590. The first-order valence-corrected chi connectivity index (χ1v) is 4.99. The van der Waals surface area contributed by atoms with Crippen LogP contribution in [0.2, 0.25) is 0 Å². The van der Waals surface area contributed by atoms with Crippen molar-refractivity contribution < 1.29 is 36.7 Å². The monoisotopic (exact) mass is 236 g/mol. The van der Waals surface area contributed by atoms with E-state index in [-0.39, 0.29) is 0 Å². The van der Waals surface area contributed by atoms with E-state index < -0.39 is 32.5 Å². The zero-order chi connectivity index (χ0) is 11.4. The van der Waals surface area contributed by atoms with Crippen molar-refractivity contribution in [3.63, 3.8) is 0 Å². The number of halogens is 3. The van der Waals surface area contributed by atoms with Crippen LogP contribution in [0.25, 0.3) is 0 Å². The molecule has 14 heavy (non-hydrogen) atoms. The van der Waals surface area contributed by atoms with Gasteiger partial charge >= 0.3 is 19.7 Å². The summed E-state index contributed by atoms with van der Waals surface area (Å²) in [6.45, 7) is -1.80. The van der Waals surface area contributed by atoms with Gasteiger partial charge in [0.2, 0.25) is 0 Å². The number of aliphatic carboxylic acids is 1. The molecule has 9 heteroatoms. The molecule has 0 aliphatic carbocycles. The number of carboxylic acids is 1. The van der Waals surface area contributed by atoms with E-state index >= 15 is 0 Å². The average molecular weight is 236 g/mol. The second-order valence-electron chi connectivity index (χ2n) is 2.23. The molecule has 0 saturated heterocycles. The molecule has 0 radical (unpaired) electrons. The molecule has 0 fully saturated rings. The van der Waals surface area contributed by atoms with Gasteiger partial charge in [0, 0.05) is 7.11 Å². The third-order valence-electron chi connectivity index (χ3n) is 1.03. The van der Waals surface area contributed by atoms with Crippen LogP contribution < -0.4 is 0 Å². The maximum absolute atomic E-state index is 11.6. The molecule has 0 rings (SSSR count). The minimum Gasteiger partial charge on any atom is -0.481 e. The van der Waals surface area contributed by atoms with E-state index in [4.69, 9.17) is 5.11 Å². The number of rotatable bonds is 5. The van der Waals surface area contributed by atoms with Gasteiger partial charge in [-0.15, -0.1) is 0 Å². The molecule has 0 aliphatic heterocycles. The lowest BCUT2D eigenvalue weighted by Gasteiger charge is -2.15. The van der Waals surface area contributed by atoms with Crippen molar-refractivity contribution in [2.45, 2.75) is 6.18 Å². The highest BCUT2D eigenvalue weighted by Crippen LogP contribution is 2.47. The lowest BCUT2D eigenvalue weighted by Crippen LogP contribution is -2.18. The van der Waals surface area contributed by atoms with Crippen LogP contribution in [-0.4, -0.2) is 37.1 Å². The van der Waals surface area contributed by atoms with Crippen molar-refractivity contribution in [2.75, 3.05) is 19.9 Å². The summed E-state index contributed by atoms with van der Waals surface area (Å²) in [7, 11) is -3.35. The fraction of sp³-hybridized carbons (Fsp3) is 0.800. The van der Waals surface area contributed by atoms with Gasteiger partial charge in [0.05, 0.1) is 0 Å². The lowest BCUT2D eigenvalue weighted by molar-refractivity contribution is -0.155. The Morgan fingerprint density at radius 2 is 2.00 bits per heavy atom. The highest BCUT2D eigenvalue weighted by Gasteiger charge is 2.35. The molecule has 0 aliphatic rings. The first kappa shape index (κ1) is 13.4. The van der Waals surface area contributed by atoms with Crippen molar-refractivity contribution in [3.05, 3.63) is 0 Å². The predicted octanol–water partition coefficient (Wildman–Crippen LogP) is 1.49. The van der Waals surface area contributed by atoms with Crippen molar-refractivity contribution in [1.29, 1.82) is 0 Å². The molecule has 0 aromatic carbocycles. The third-order valence-corrected chi connectivity index (χ3v) is 2.77. The lowest BCUT2D eigenvalue weighted by atomic mass is 10.7. The Morgan fingerprint density at radius 3 is 2.29 bits per heavy atom. The van der Waals surface area contributed by atoms with Crippen LogP contribution in [0.4, 0.5) is 13.2 Å². The molecule has 0 bridgehead atoms. The van der Waals surface area contributed by atoms with Gasteiger partial charge in [-0.05, 0) is 0 Å². The summed E-state index contributed by atoms with van der Waals surface area (Å²) in [6.07, 6.45) is -5.77. The first-order chi connectivity index (χ1) is 6.18. The first-order valence-electron chi connectivity index (χ1n) is 3.26. The Balaban J connectivity index is 4.27. The standard InChI is InChI=1S/C5H8F3O5P/c1-12-14(11,2-4(9)10)13-3-5(6,7)8/h2-3H2,1H3,(H,9,10). The number of carbonyl (C=O) groups is 1. The molecule has 0 spiro atoms. The number of alkyl halides is 3. The predicted molar refractivity (Wildman–Crippen MR) is 39.1 cm³/mol. The van der Waals surface area contributed by atoms with Crippen molar-refractivity contribution >= 4 is 13.6 Å². The van der Waals surface area contributed by atoms with Crippen LogP contribution in [0.1, 0.15) is 0 Å². The Bertz CT molecular complexity index is 250. The van der Waals surface area contributed by atoms with Crippen LogP contribution in [0.5, 0.6) is 0 Å². The number of carboxylic acid groups (broad SMARTS) is 1. The molecular formula is C5H8F3O5P. The van der Waals surface area contributed by atoms with E-state index in [1.54, 1.807) is 0 Å². The van der Waals surface area contributed by atoms with E-state index in [0.717, 1.165) is 7.11 Å². The molecule has 0 aromatic rings. The van der Waals surface area contributed by atoms with E-state index in [1.165, 1.54) is 0 Å². The van der Waals surface area contributed by atoms with Crippen molar-refractivity contribution in [2.24, 2.45) is 0 Å². The van der Waals surface area contributed by atoms with Crippen molar-refractivity contribution in [1.82, 2.24) is 0 Å². The quantitative estimate of drug-likeness (QED) is 0.732. The Morgan fingerprint density at radius 1 is 1.50 bits per heavy atom. The largest absolute Gasteiger partial charge is 0.481 e. The van der Waals surface area contributed by atoms with Gasteiger partial charge in [-0.1, -0.05) is 0 Å². The van der Waals surface area contributed by atoms with Crippen LogP contribution in [0.3, 0.4) is 0 Å². The van der Waals surface area contributed by atoms with Gasteiger partial charge in [0.25, 0.3) is 0 Å². The maximum atomic E-state index is 11.6. The molecule has 0 amide bonds. The second kappa shape index (κ2) is 4.77. The van der Waals surface area contributed by atoms with Gasteiger partial charge in [0.15, 0.2) is 6.61 Å². The molecule has 84 valence electrons.